The first kappa shape index (κ1) is 14.3. The third kappa shape index (κ3) is 3.15. The number of anilines is 1. The normalized spacial score (nSPS) is 10.2. The number of nitrogens with one attached hydrogen (secondary N) is 1. The number of carbonyl (C=O) groups excluding carboxylic acids is 1. The van der Waals surface area contributed by atoms with Crippen molar-refractivity contribution in [3.05, 3.63) is 65.7 Å². The van der Waals surface area contributed by atoms with E-state index in [1.807, 2.05) is 29.6 Å². The van der Waals surface area contributed by atoms with Crippen molar-refractivity contribution in [2.45, 2.75) is 0 Å². The van der Waals surface area contributed by atoms with Crippen molar-refractivity contribution in [3.8, 4) is 16.3 Å². The smallest absolute Gasteiger partial charge is 0.255 e. The van der Waals surface area contributed by atoms with Gasteiger partial charge in [-0.3, -0.25) is 4.79 Å². The molecule has 1 amide bonds. The first-order chi connectivity index (χ1) is 10.8. The molecule has 3 rings (SSSR count). The maximum absolute atomic E-state index is 12.2. The lowest BCUT2D eigenvalue weighted by Gasteiger charge is -2.06. The van der Waals surface area contributed by atoms with E-state index in [1.165, 1.54) is 0 Å². The Labute approximate surface area is 132 Å². The molecule has 0 atom stereocenters. The molecular formula is C17H14N2O2S. The second-order valence-corrected chi connectivity index (χ2v) is 5.49. The van der Waals surface area contributed by atoms with E-state index in [0.29, 0.717) is 5.56 Å². The SMILES string of the molecule is COc1ccc(C(=O)Nc2ccc(-c3nccs3)cc2)cc1. The van der Waals surface area contributed by atoms with Crippen molar-refractivity contribution in [1.29, 1.82) is 0 Å². The second kappa shape index (κ2) is 6.41. The summed E-state index contributed by atoms with van der Waals surface area (Å²) >= 11 is 1.59. The van der Waals surface area contributed by atoms with E-state index in [0.717, 1.165) is 22.0 Å². The van der Waals surface area contributed by atoms with Crippen molar-refractivity contribution in [2.75, 3.05) is 12.4 Å². The predicted molar refractivity (Wildman–Crippen MR) is 88.5 cm³/mol. The summed E-state index contributed by atoms with van der Waals surface area (Å²) in [6.07, 6.45) is 1.78. The van der Waals surface area contributed by atoms with E-state index in [-0.39, 0.29) is 5.91 Å². The molecule has 0 aliphatic carbocycles. The van der Waals surface area contributed by atoms with Gasteiger partial charge in [-0.2, -0.15) is 0 Å². The summed E-state index contributed by atoms with van der Waals surface area (Å²) in [4.78, 5) is 16.4. The van der Waals surface area contributed by atoms with Crippen LogP contribution in [0, 0.1) is 0 Å². The molecule has 0 radical (unpaired) electrons. The zero-order valence-corrected chi connectivity index (χ0v) is 12.8. The average molecular weight is 310 g/mol. The van der Waals surface area contributed by atoms with Crippen molar-refractivity contribution in [1.82, 2.24) is 4.98 Å². The summed E-state index contributed by atoms with van der Waals surface area (Å²) in [6, 6.07) is 14.6. The molecule has 1 N–H and O–H groups in total. The number of ether oxygens (including phenoxy) is 1. The highest BCUT2D eigenvalue weighted by molar-refractivity contribution is 7.13. The van der Waals surface area contributed by atoms with Gasteiger partial charge in [0.1, 0.15) is 10.8 Å². The zero-order valence-electron chi connectivity index (χ0n) is 11.9. The molecule has 0 fully saturated rings. The van der Waals surface area contributed by atoms with Crippen LogP contribution in [-0.4, -0.2) is 18.0 Å². The highest BCUT2D eigenvalue weighted by Gasteiger charge is 2.07. The number of methoxy groups -OCH3 is 1. The number of aromatic nitrogens is 1. The van der Waals surface area contributed by atoms with Crippen LogP contribution in [-0.2, 0) is 0 Å². The second-order valence-electron chi connectivity index (χ2n) is 4.60. The summed E-state index contributed by atoms with van der Waals surface area (Å²) in [7, 11) is 1.60. The van der Waals surface area contributed by atoms with Crippen LogP contribution >= 0.6 is 11.3 Å². The van der Waals surface area contributed by atoms with Gasteiger partial charge in [0.2, 0.25) is 0 Å². The highest BCUT2D eigenvalue weighted by Crippen LogP contribution is 2.23. The van der Waals surface area contributed by atoms with Crippen LogP contribution in [0.3, 0.4) is 0 Å². The number of hydrogen-bond donors (Lipinski definition) is 1. The predicted octanol–water partition coefficient (Wildman–Crippen LogP) is 4.07. The fraction of sp³-hybridized carbons (Fsp3) is 0.0588. The Morgan fingerprint density at radius 2 is 1.82 bits per heavy atom. The summed E-state index contributed by atoms with van der Waals surface area (Å²) < 4.78 is 5.08. The Balaban J connectivity index is 1.71. The average Bonchev–Trinajstić information content (AvgIpc) is 3.10. The number of rotatable bonds is 4. The van der Waals surface area contributed by atoms with E-state index < -0.39 is 0 Å². The molecule has 2 aromatic carbocycles. The first-order valence-electron chi connectivity index (χ1n) is 6.71. The van der Waals surface area contributed by atoms with Crippen LogP contribution < -0.4 is 10.1 Å². The molecule has 3 aromatic rings. The number of hydrogen-bond acceptors (Lipinski definition) is 4. The molecule has 5 heteroatoms. The molecule has 0 aliphatic heterocycles. The number of thiazole rings is 1. The van der Waals surface area contributed by atoms with Crippen LogP contribution in [0.4, 0.5) is 5.69 Å². The Morgan fingerprint density at radius 3 is 2.41 bits per heavy atom. The van der Waals surface area contributed by atoms with Gasteiger partial charge in [0.05, 0.1) is 7.11 Å². The Hall–Kier alpha value is -2.66. The molecule has 1 aromatic heterocycles. The van der Waals surface area contributed by atoms with Crippen molar-refractivity contribution in [2.24, 2.45) is 0 Å². The van der Waals surface area contributed by atoms with E-state index >= 15 is 0 Å². The maximum atomic E-state index is 12.2. The van der Waals surface area contributed by atoms with Crippen LogP contribution in [0.2, 0.25) is 0 Å². The van der Waals surface area contributed by atoms with Crippen LogP contribution in [0.5, 0.6) is 5.75 Å². The lowest BCUT2D eigenvalue weighted by atomic mass is 10.2. The zero-order chi connectivity index (χ0) is 15.4. The fourth-order valence-electron chi connectivity index (χ4n) is 2.01. The summed E-state index contributed by atoms with van der Waals surface area (Å²) in [6.45, 7) is 0. The molecule has 0 saturated carbocycles. The standard InChI is InChI=1S/C17H14N2O2S/c1-21-15-8-4-12(5-9-15)16(20)19-14-6-2-13(3-7-14)17-18-10-11-22-17/h2-11H,1H3,(H,19,20). The number of benzene rings is 2. The van der Waals surface area contributed by atoms with Gasteiger partial charge in [0.25, 0.3) is 5.91 Å². The minimum absolute atomic E-state index is 0.148. The molecule has 0 saturated heterocycles. The van der Waals surface area contributed by atoms with Gasteiger partial charge >= 0.3 is 0 Å². The molecule has 0 bridgehead atoms. The van der Waals surface area contributed by atoms with Crippen LogP contribution in [0.25, 0.3) is 10.6 Å². The minimum Gasteiger partial charge on any atom is -0.497 e. The monoisotopic (exact) mass is 310 g/mol. The molecule has 22 heavy (non-hydrogen) atoms. The summed E-state index contributed by atoms with van der Waals surface area (Å²) in [5.41, 5.74) is 2.38. The van der Waals surface area contributed by atoms with Gasteiger partial charge in [-0.1, -0.05) is 0 Å². The van der Waals surface area contributed by atoms with Crippen LogP contribution in [0.1, 0.15) is 10.4 Å². The Morgan fingerprint density at radius 1 is 1.09 bits per heavy atom. The molecule has 1 heterocycles. The van der Waals surface area contributed by atoms with Gasteiger partial charge in [-0.15, -0.1) is 11.3 Å². The number of nitrogens with zero attached hydrogens (tertiary/aromatic N) is 1. The lowest BCUT2D eigenvalue weighted by Crippen LogP contribution is -2.11. The maximum Gasteiger partial charge on any atom is 0.255 e. The van der Waals surface area contributed by atoms with Crippen molar-refractivity contribution < 1.29 is 9.53 Å². The van der Waals surface area contributed by atoms with Crippen molar-refractivity contribution in [3.63, 3.8) is 0 Å². The third-order valence-electron chi connectivity index (χ3n) is 3.17. The first-order valence-corrected chi connectivity index (χ1v) is 7.59. The quantitative estimate of drug-likeness (QED) is 0.790. The number of amides is 1. The Bertz CT molecular complexity index is 750. The van der Waals surface area contributed by atoms with E-state index in [2.05, 4.69) is 10.3 Å². The number of carbonyl (C=O) groups is 1. The van der Waals surface area contributed by atoms with Gasteiger partial charge < -0.3 is 10.1 Å². The minimum atomic E-state index is -0.148. The third-order valence-corrected chi connectivity index (χ3v) is 4.00. The van der Waals surface area contributed by atoms with E-state index in [9.17, 15) is 4.79 Å². The highest BCUT2D eigenvalue weighted by atomic mass is 32.1. The lowest BCUT2D eigenvalue weighted by molar-refractivity contribution is 0.102. The largest absolute Gasteiger partial charge is 0.497 e. The topological polar surface area (TPSA) is 51.2 Å². The van der Waals surface area contributed by atoms with E-state index in [4.69, 9.17) is 4.74 Å². The van der Waals surface area contributed by atoms with E-state index in [1.54, 1.807) is 48.9 Å². The molecule has 0 aliphatic rings. The molecule has 0 unspecified atom stereocenters. The molecule has 4 nitrogen and oxygen atoms in total. The molecule has 110 valence electrons. The van der Waals surface area contributed by atoms with Crippen molar-refractivity contribution >= 4 is 22.9 Å². The van der Waals surface area contributed by atoms with Gasteiger partial charge in [0, 0.05) is 28.4 Å². The Kier molecular flexibility index (Phi) is 4.16. The van der Waals surface area contributed by atoms with Gasteiger partial charge in [-0.05, 0) is 48.5 Å². The molecular weight excluding hydrogens is 296 g/mol. The van der Waals surface area contributed by atoms with Gasteiger partial charge in [-0.25, -0.2) is 4.98 Å². The summed E-state index contributed by atoms with van der Waals surface area (Å²) in [5, 5.41) is 5.78. The van der Waals surface area contributed by atoms with Gasteiger partial charge in [0.15, 0.2) is 0 Å². The summed E-state index contributed by atoms with van der Waals surface area (Å²) in [5.74, 6) is 0.578. The van der Waals surface area contributed by atoms with Crippen LogP contribution in [0.15, 0.2) is 60.1 Å². The fourth-order valence-corrected chi connectivity index (χ4v) is 2.65. The molecule has 0 spiro atoms.